The van der Waals surface area contributed by atoms with Gasteiger partial charge in [-0.1, -0.05) is 44.2 Å². The first kappa shape index (κ1) is 18.1. The molecule has 1 aromatic rings. The molecule has 0 aliphatic carbocycles. The van der Waals surface area contributed by atoms with E-state index in [4.69, 9.17) is 14.2 Å². The van der Waals surface area contributed by atoms with Gasteiger partial charge >= 0.3 is 0 Å². The summed E-state index contributed by atoms with van der Waals surface area (Å²) in [5, 5.41) is 3.44. The van der Waals surface area contributed by atoms with E-state index in [0.717, 1.165) is 13.0 Å². The Morgan fingerprint density at radius 1 is 1.00 bits per heavy atom. The fraction of sp³-hybridized carbons (Fsp3) is 0.647. The van der Waals surface area contributed by atoms with Crippen molar-refractivity contribution in [3.63, 3.8) is 0 Å². The molecule has 21 heavy (non-hydrogen) atoms. The van der Waals surface area contributed by atoms with E-state index in [-0.39, 0.29) is 6.10 Å². The maximum atomic E-state index is 6.01. The average Bonchev–Trinajstić information content (AvgIpc) is 2.50. The van der Waals surface area contributed by atoms with Crippen LogP contribution in [0.5, 0.6) is 0 Å². The molecule has 1 atom stereocenters. The number of hydrogen-bond donors (Lipinski definition) is 1. The van der Waals surface area contributed by atoms with E-state index in [2.05, 4.69) is 43.4 Å². The lowest BCUT2D eigenvalue weighted by molar-refractivity contribution is 0.0223. The van der Waals surface area contributed by atoms with E-state index in [1.54, 1.807) is 7.11 Å². The lowest BCUT2D eigenvalue weighted by Gasteiger charge is -2.20. The second kappa shape index (κ2) is 11.7. The smallest absolute Gasteiger partial charge is 0.0949 e. The largest absolute Gasteiger partial charge is 0.382 e. The normalized spacial score (nSPS) is 12.8. The number of rotatable bonds is 12. The quantitative estimate of drug-likeness (QED) is 0.602. The molecule has 0 saturated heterocycles. The predicted octanol–water partition coefficient (Wildman–Crippen LogP) is 2.80. The number of hydrogen-bond acceptors (Lipinski definition) is 4. The Bertz CT molecular complexity index is 343. The van der Waals surface area contributed by atoms with Crippen molar-refractivity contribution in [1.82, 2.24) is 5.32 Å². The van der Waals surface area contributed by atoms with Gasteiger partial charge in [0.1, 0.15) is 0 Å². The van der Waals surface area contributed by atoms with Gasteiger partial charge in [0.25, 0.3) is 0 Å². The third-order valence-corrected chi connectivity index (χ3v) is 3.07. The summed E-state index contributed by atoms with van der Waals surface area (Å²) in [5.74, 6) is 0. The maximum Gasteiger partial charge on any atom is 0.0949 e. The summed E-state index contributed by atoms with van der Waals surface area (Å²) in [4.78, 5) is 0. The van der Waals surface area contributed by atoms with Crippen molar-refractivity contribution < 1.29 is 14.2 Å². The van der Waals surface area contributed by atoms with E-state index in [9.17, 15) is 0 Å². The van der Waals surface area contributed by atoms with Gasteiger partial charge in [0.15, 0.2) is 0 Å². The van der Waals surface area contributed by atoms with Gasteiger partial charge in [-0.05, 0) is 12.0 Å². The topological polar surface area (TPSA) is 39.7 Å². The van der Waals surface area contributed by atoms with Crippen LogP contribution in [0.4, 0.5) is 0 Å². The fourth-order valence-electron chi connectivity index (χ4n) is 1.91. The summed E-state index contributed by atoms with van der Waals surface area (Å²) >= 11 is 0. The molecule has 0 radical (unpaired) electrons. The van der Waals surface area contributed by atoms with Crippen LogP contribution >= 0.6 is 0 Å². The second-order valence-electron chi connectivity index (χ2n) is 5.29. The zero-order chi connectivity index (χ0) is 15.3. The minimum atomic E-state index is 0.0903. The van der Waals surface area contributed by atoms with Crippen molar-refractivity contribution in [3.8, 4) is 0 Å². The Hall–Kier alpha value is -0.940. The van der Waals surface area contributed by atoms with Crippen molar-refractivity contribution in [2.24, 2.45) is 0 Å². The zero-order valence-corrected chi connectivity index (χ0v) is 13.5. The summed E-state index contributed by atoms with van der Waals surface area (Å²) in [7, 11) is 1.68. The molecule has 1 N–H and O–H groups in total. The molecule has 0 aliphatic heterocycles. The summed E-state index contributed by atoms with van der Waals surface area (Å²) in [6.45, 7) is 7.82. The highest BCUT2D eigenvalue weighted by Crippen LogP contribution is 2.16. The van der Waals surface area contributed by atoms with Gasteiger partial charge in [0, 0.05) is 32.9 Å². The molecule has 120 valence electrons. The van der Waals surface area contributed by atoms with Crippen LogP contribution in [0.1, 0.15) is 31.9 Å². The molecule has 1 rings (SSSR count). The number of ether oxygens (including phenoxy) is 3. The summed E-state index contributed by atoms with van der Waals surface area (Å²) in [6.07, 6.45) is 0.988. The predicted molar refractivity (Wildman–Crippen MR) is 85.6 cm³/mol. The Morgan fingerprint density at radius 3 is 2.43 bits per heavy atom. The molecule has 0 spiro atoms. The summed E-state index contributed by atoms with van der Waals surface area (Å²) in [5.41, 5.74) is 1.21. The Balaban J connectivity index is 2.29. The minimum Gasteiger partial charge on any atom is -0.382 e. The molecule has 0 aromatic heterocycles. The van der Waals surface area contributed by atoms with Crippen LogP contribution < -0.4 is 5.32 Å². The Kier molecular flexibility index (Phi) is 10.1. The van der Waals surface area contributed by atoms with Crippen molar-refractivity contribution in [2.75, 3.05) is 40.1 Å². The molecule has 0 aliphatic rings. The van der Waals surface area contributed by atoms with E-state index >= 15 is 0 Å². The molecule has 0 amide bonds. The van der Waals surface area contributed by atoms with Gasteiger partial charge in [-0.25, -0.2) is 0 Å². The fourth-order valence-corrected chi connectivity index (χ4v) is 1.91. The first-order valence-electron chi connectivity index (χ1n) is 7.70. The van der Waals surface area contributed by atoms with Crippen LogP contribution in [0.25, 0.3) is 0 Å². The third-order valence-electron chi connectivity index (χ3n) is 3.07. The molecule has 4 heteroatoms. The molecule has 0 saturated carbocycles. The van der Waals surface area contributed by atoms with E-state index in [0.29, 0.717) is 32.5 Å². The lowest BCUT2D eigenvalue weighted by atomic mass is 10.1. The summed E-state index contributed by atoms with van der Waals surface area (Å²) in [6, 6.07) is 10.8. The minimum absolute atomic E-state index is 0.0903. The standard InChI is InChI=1S/C17H29NO3/c1-15(2)18-14-17(16-8-5-4-6-9-16)21-11-7-10-20-13-12-19-3/h4-6,8-9,15,17-18H,7,10-14H2,1-3H3. The molecule has 4 nitrogen and oxygen atoms in total. The Labute approximate surface area is 128 Å². The number of benzene rings is 1. The molecule has 1 aromatic carbocycles. The van der Waals surface area contributed by atoms with E-state index in [1.807, 2.05) is 6.07 Å². The maximum absolute atomic E-state index is 6.01. The van der Waals surface area contributed by atoms with E-state index < -0.39 is 0 Å². The molecular weight excluding hydrogens is 266 g/mol. The van der Waals surface area contributed by atoms with Crippen LogP contribution in [-0.2, 0) is 14.2 Å². The first-order valence-corrected chi connectivity index (χ1v) is 7.70. The lowest BCUT2D eigenvalue weighted by Crippen LogP contribution is -2.29. The average molecular weight is 295 g/mol. The van der Waals surface area contributed by atoms with Gasteiger partial charge in [-0.3, -0.25) is 0 Å². The van der Waals surface area contributed by atoms with Crippen LogP contribution in [0.15, 0.2) is 30.3 Å². The van der Waals surface area contributed by atoms with Crippen LogP contribution in [0.3, 0.4) is 0 Å². The summed E-state index contributed by atoms with van der Waals surface area (Å²) < 4.78 is 16.4. The molecular formula is C17H29NO3. The highest BCUT2D eigenvalue weighted by Gasteiger charge is 2.11. The molecule has 1 unspecified atom stereocenters. The van der Waals surface area contributed by atoms with Crippen LogP contribution in [0.2, 0.25) is 0 Å². The third kappa shape index (κ3) is 8.83. The zero-order valence-electron chi connectivity index (χ0n) is 13.5. The number of methoxy groups -OCH3 is 1. The van der Waals surface area contributed by atoms with Gasteiger partial charge in [-0.2, -0.15) is 0 Å². The first-order chi connectivity index (χ1) is 10.2. The number of nitrogens with one attached hydrogen (secondary N) is 1. The highest BCUT2D eigenvalue weighted by atomic mass is 16.5. The van der Waals surface area contributed by atoms with Crippen LogP contribution in [-0.4, -0.2) is 46.1 Å². The van der Waals surface area contributed by atoms with Gasteiger partial charge in [-0.15, -0.1) is 0 Å². The van der Waals surface area contributed by atoms with Gasteiger partial charge in [0.2, 0.25) is 0 Å². The van der Waals surface area contributed by atoms with Crippen LogP contribution in [0, 0.1) is 0 Å². The van der Waals surface area contributed by atoms with Gasteiger partial charge in [0.05, 0.1) is 19.3 Å². The molecule has 0 fully saturated rings. The SMILES string of the molecule is COCCOCCCOC(CNC(C)C)c1ccccc1. The Morgan fingerprint density at radius 2 is 1.76 bits per heavy atom. The molecule has 0 bridgehead atoms. The van der Waals surface area contributed by atoms with Crippen molar-refractivity contribution in [1.29, 1.82) is 0 Å². The van der Waals surface area contributed by atoms with Crippen molar-refractivity contribution in [3.05, 3.63) is 35.9 Å². The highest BCUT2D eigenvalue weighted by molar-refractivity contribution is 5.17. The van der Waals surface area contributed by atoms with Crippen molar-refractivity contribution in [2.45, 2.75) is 32.4 Å². The monoisotopic (exact) mass is 295 g/mol. The molecule has 0 heterocycles. The van der Waals surface area contributed by atoms with E-state index in [1.165, 1.54) is 5.56 Å². The van der Waals surface area contributed by atoms with Crippen molar-refractivity contribution >= 4 is 0 Å². The second-order valence-corrected chi connectivity index (χ2v) is 5.29. The van der Waals surface area contributed by atoms with Gasteiger partial charge < -0.3 is 19.5 Å².